The summed E-state index contributed by atoms with van der Waals surface area (Å²) in [6, 6.07) is -2.16. The molecule has 1 N–H and O–H groups in total. The van der Waals surface area contributed by atoms with Gasteiger partial charge in [0, 0.05) is 46.3 Å². The van der Waals surface area contributed by atoms with E-state index in [0.717, 1.165) is 6.42 Å². The van der Waals surface area contributed by atoms with Crippen LogP contribution in [0.4, 0.5) is 0 Å². The number of unbranched alkanes of at least 4 members (excludes halogenated alkanes) is 2. The highest BCUT2D eigenvalue weighted by Gasteiger charge is 2.40. The molecule has 0 saturated carbocycles. The molecule has 0 aromatic rings. The second kappa shape index (κ2) is 18.9. The highest BCUT2D eigenvalue weighted by Crippen LogP contribution is 2.25. The molecular formula is C35H60N4O8. The Morgan fingerprint density at radius 2 is 1.47 bits per heavy atom. The van der Waals surface area contributed by atoms with Crippen LogP contribution in [0.3, 0.4) is 0 Å². The lowest BCUT2D eigenvalue weighted by molar-refractivity contribution is -0.161. The number of carbonyl (C=O) groups is 6. The van der Waals surface area contributed by atoms with Crippen molar-refractivity contribution in [2.45, 2.75) is 131 Å². The van der Waals surface area contributed by atoms with E-state index in [-0.39, 0.29) is 54.2 Å². The summed E-state index contributed by atoms with van der Waals surface area (Å²) in [4.78, 5) is 81.3. The number of nitrogens with one attached hydrogen (secondary N) is 1. The number of ether oxygens (including phenoxy) is 2. The number of likely N-dealkylation sites (N-methyl/N-ethyl adjacent to an activating group) is 2. The van der Waals surface area contributed by atoms with E-state index < -0.39 is 41.7 Å². The van der Waals surface area contributed by atoms with Gasteiger partial charge in [-0.3, -0.25) is 33.7 Å². The van der Waals surface area contributed by atoms with Crippen molar-refractivity contribution in [3.8, 4) is 0 Å². The van der Waals surface area contributed by atoms with Crippen LogP contribution in [-0.2, 0) is 38.2 Å². The van der Waals surface area contributed by atoms with Crippen LogP contribution < -0.4 is 5.32 Å². The smallest absolute Gasteiger partial charge is 0.309 e. The van der Waals surface area contributed by atoms with Crippen LogP contribution in [0, 0.1) is 17.8 Å². The first-order valence-electron chi connectivity index (χ1n) is 16.9. The predicted octanol–water partition coefficient (Wildman–Crippen LogP) is 3.72. The first kappa shape index (κ1) is 41.7. The Balaban J connectivity index is 3.00. The molecule has 268 valence electrons. The summed E-state index contributed by atoms with van der Waals surface area (Å²) in [5.74, 6) is -2.54. The molecule has 47 heavy (non-hydrogen) atoms. The summed E-state index contributed by atoms with van der Waals surface area (Å²) in [5, 5.41) is 2.94. The summed E-state index contributed by atoms with van der Waals surface area (Å²) in [7, 11) is 4.78. The Morgan fingerprint density at radius 3 is 1.94 bits per heavy atom. The van der Waals surface area contributed by atoms with Gasteiger partial charge >= 0.3 is 5.97 Å². The quantitative estimate of drug-likeness (QED) is 0.125. The molecular weight excluding hydrogens is 604 g/mol. The number of nitrogens with zero attached hydrogens (tertiary/aromatic N) is 3. The van der Waals surface area contributed by atoms with Crippen molar-refractivity contribution in [1.82, 2.24) is 20.0 Å². The SMILES string of the molecule is CC[C@H](C)[C@@H]([C@@H](CC(=O)OC(C)(C)C)OC)N(C)C(=O)[C@@H](NC(=O)C(C(C)C)N(C)C(=O)CCCCCN1C(=O)C=CC1=O)C(C)C. The normalized spacial score (nSPS) is 16.6. The van der Waals surface area contributed by atoms with E-state index in [9.17, 15) is 28.8 Å². The maximum atomic E-state index is 14.1. The predicted molar refractivity (Wildman–Crippen MR) is 180 cm³/mol. The van der Waals surface area contributed by atoms with Crippen LogP contribution in [0.5, 0.6) is 0 Å². The van der Waals surface area contributed by atoms with E-state index in [1.807, 2.05) is 41.5 Å². The van der Waals surface area contributed by atoms with Gasteiger partial charge in [0.15, 0.2) is 0 Å². The van der Waals surface area contributed by atoms with Crippen molar-refractivity contribution in [3.63, 3.8) is 0 Å². The molecule has 0 radical (unpaired) electrons. The number of hydrogen-bond donors (Lipinski definition) is 1. The molecule has 1 unspecified atom stereocenters. The van der Waals surface area contributed by atoms with Gasteiger partial charge in [-0.2, -0.15) is 0 Å². The molecule has 0 aromatic carbocycles. The molecule has 1 heterocycles. The lowest BCUT2D eigenvalue weighted by Gasteiger charge is -2.40. The topological polar surface area (TPSA) is 143 Å². The number of rotatable bonds is 19. The van der Waals surface area contributed by atoms with E-state index in [1.165, 1.54) is 29.1 Å². The molecule has 12 nitrogen and oxygen atoms in total. The average molecular weight is 665 g/mol. The minimum absolute atomic E-state index is 0.0278. The van der Waals surface area contributed by atoms with E-state index in [0.29, 0.717) is 25.8 Å². The van der Waals surface area contributed by atoms with E-state index in [2.05, 4.69) is 5.32 Å². The molecule has 0 spiro atoms. The van der Waals surface area contributed by atoms with Crippen LogP contribution in [0.15, 0.2) is 12.2 Å². The lowest BCUT2D eigenvalue weighted by atomic mass is 9.90. The van der Waals surface area contributed by atoms with Crippen LogP contribution in [0.25, 0.3) is 0 Å². The summed E-state index contributed by atoms with van der Waals surface area (Å²) >= 11 is 0. The fourth-order valence-corrected chi connectivity index (χ4v) is 5.88. The zero-order valence-corrected chi connectivity index (χ0v) is 30.8. The van der Waals surface area contributed by atoms with Gasteiger partial charge in [0.25, 0.3) is 11.8 Å². The Kier molecular flexibility index (Phi) is 16.8. The third kappa shape index (κ3) is 12.7. The van der Waals surface area contributed by atoms with Crippen molar-refractivity contribution in [1.29, 1.82) is 0 Å². The maximum Gasteiger partial charge on any atom is 0.309 e. The van der Waals surface area contributed by atoms with Crippen molar-refractivity contribution < 1.29 is 38.2 Å². The van der Waals surface area contributed by atoms with Gasteiger partial charge in [-0.25, -0.2) is 0 Å². The number of imide groups is 1. The van der Waals surface area contributed by atoms with Gasteiger partial charge in [-0.1, -0.05) is 54.4 Å². The Bertz CT molecular complexity index is 1110. The monoisotopic (exact) mass is 664 g/mol. The summed E-state index contributed by atoms with van der Waals surface area (Å²) < 4.78 is 11.3. The molecule has 0 fully saturated rings. The number of esters is 1. The Hall–Kier alpha value is -3.28. The van der Waals surface area contributed by atoms with Crippen molar-refractivity contribution in [3.05, 3.63) is 12.2 Å². The molecule has 0 saturated heterocycles. The first-order chi connectivity index (χ1) is 21.8. The average Bonchev–Trinajstić information content (AvgIpc) is 3.29. The Morgan fingerprint density at radius 1 is 0.894 bits per heavy atom. The van der Waals surface area contributed by atoms with Gasteiger partial charge in [0.1, 0.15) is 17.7 Å². The van der Waals surface area contributed by atoms with Crippen molar-refractivity contribution >= 4 is 35.5 Å². The maximum absolute atomic E-state index is 14.1. The fraction of sp³-hybridized carbons (Fsp3) is 0.771. The molecule has 0 aliphatic carbocycles. The first-order valence-corrected chi connectivity index (χ1v) is 16.9. The summed E-state index contributed by atoms with van der Waals surface area (Å²) in [5.41, 5.74) is -0.661. The van der Waals surface area contributed by atoms with E-state index in [4.69, 9.17) is 9.47 Å². The molecule has 12 heteroatoms. The zero-order chi connectivity index (χ0) is 36.2. The lowest BCUT2D eigenvalue weighted by Crippen LogP contribution is -2.60. The van der Waals surface area contributed by atoms with Gasteiger partial charge < -0.3 is 24.6 Å². The largest absolute Gasteiger partial charge is 0.460 e. The zero-order valence-electron chi connectivity index (χ0n) is 30.8. The van der Waals surface area contributed by atoms with E-state index in [1.54, 1.807) is 39.8 Å². The van der Waals surface area contributed by atoms with Gasteiger partial charge in [-0.15, -0.1) is 0 Å². The molecule has 0 aromatic heterocycles. The molecule has 0 bridgehead atoms. The number of methoxy groups -OCH3 is 1. The molecule has 1 rings (SSSR count). The standard InChI is InChI=1S/C35H60N4O8/c1-13-24(6)32(25(46-12)21-29(43)47-35(7,8)9)38(11)34(45)30(22(2)3)36-33(44)31(23(4)5)37(10)26(40)17-15-14-16-20-39-27(41)18-19-28(39)42/h18-19,22-25,30-32H,13-17,20-21H2,1-12H3,(H,36,44)/t24-,25+,30-,31?,32-/m0/s1. The third-order valence-corrected chi connectivity index (χ3v) is 8.61. The van der Waals surface area contributed by atoms with Crippen molar-refractivity contribution in [2.75, 3.05) is 27.7 Å². The van der Waals surface area contributed by atoms with Crippen LogP contribution >= 0.6 is 0 Å². The Labute approximate surface area is 281 Å². The highest BCUT2D eigenvalue weighted by molar-refractivity contribution is 6.12. The molecule has 5 amide bonds. The number of hydrogen-bond acceptors (Lipinski definition) is 8. The van der Waals surface area contributed by atoms with Crippen LogP contribution in [0.1, 0.15) is 101 Å². The third-order valence-electron chi connectivity index (χ3n) is 8.61. The number of amides is 5. The summed E-state index contributed by atoms with van der Waals surface area (Å²) in [6.07, 6.45) is 4.52. The minimum atomic E-state index is -0.881. The fourth-order valence-electron chi connectivity index (χ4n) is 5.88. The van der Waals surface area contributed by atoms with Crippen molar-refractivity contribution in [2.24, 2.45) is 17.8 Å². The van der Waals surface area contributed by atoms with Gasteiger partial charge in [0.05, 0.1) is 18.6 Å². The van der Waals surface area contributed by atoms with Crippen LogP contribution in [0.2, 0.25) is 0 Å². The van der Waals surface area contributed by atoms with Gasteiger partial charge in [0.2, 0.25) is 17.7 Å². The summed E-state index contributed by atoms with van der Waals surface area (Å²) in [6.45, 7) is 17.1. The van der Waals surface area contributed by atoms with E-state index >= 15 is 0 Å². The minimum Gasteiger partial charge on any atom is -0.460 e. The molecule has 5 atom stereocenters. The van der Waals surface area contributed by atoms with Gasteiger partial charge in [-0.05, 0) is 51.4 Å². The highest BCUT2D eigenvalue weighted by atomic mass is 16.6. The number of carbonyl (C=O) groups excluding carboxylic acids is 6. The van der Waals surface area contributed by atoms with Crippen LogP contribution in [-0.4, -0.2) is 108 Å². The second-order valence-corrected chi connectivity index (χ2v) is 14.3. The molecule has 1 aliphatic rings. The second-order valence-electron chi connectivity index (χ2n) is 14.3. The molecule has 1 aliphatic heterocycles.